The van der Waals surface area contributed by atoms with Gasteiger partial charge < -0.3 is 30.3 Å². The van der Waals surface area contributed by atoms with Crippen LogP contribution in [0.25, 0.3) is 10.9 Å². The monoisotopic (exact) mass is 480 g/mol. The van der Waals surface area contributed by atoms with Gasteiger partial charge in [-0.3, -0.25) is 4.79 Å². The molecule has 1 fully saturated rings. The fourth-order valence-corrected chi connectivity index (χ4v) is 5.12. The van der Waals surface area contributed by atoms with Gasteiger partial charge in [0.1, 0.15) is 24.6 Å². The first-order valence-corrected chi connectivity index (χ1v) is 12.3. The molecule has 11 heteroatoms. The Bertz CT molecular complexity index is 923. The molecule has 33 heavy (non-hydrogen) atoms. The third-order valence-corrected chi connectivity index (χ3v) is 6.88. The predicted octanol–water partition coefficient (Wildman–Crippen LogP) is 2.17. The number of aliphatic hydroxyl groups excluding tert-OH is 1. The van der Waals surface area contributed by atoms with E-state index in [2.05, 4.69) is 15.6 Å². The summed E-state index contributed by atoms with van der Waals surface area (Å²) in [6, 6.07) is 7.78. The van der Waals surface area contributed by atoms with Crippen LogP contribution in [0.1, 0.15) is 31.4 Å². The normalized spacial score (nSPS) is 19.2. The number of ether oxygens (including phenoxy) is 1. The van der Waals surface area contributed by atoms with Crippen LogP contribution in [-0.4, -0.2) is 70.5 Å². The lowest BCUT2D eigenvalue weighted by Gasteiger charge is -2.28. The van der Waals surface area contributed by atoms with Gasteiger partial charge in [-0.05, 0) is 38.0 Å². The van der Waals surface area contributed by atoms with Crippen LogP contribution >= 0.6 is 11.8 Å². The maximum atomic E-state index is 12.1. The largest absolute Gasteiger partial charge is 0.490 e. The highest BCUT2D eigenvalue weighted by Gasteiger charge is 2.29. The van der Waals surface area contributed by atoms with E-state index in [4.69, 9.17) is 9.57 Å². The molecule has 0 spiro atoms. The Kier molecular flexibility index (Phi) is 9.64. The quantitative estimate of drug-likeness (QED) is 0.194. The second-order valence-electron chi connectivity index (χ2n) is 8.19. The van der Waals surface area contributed by atoms with Gasteiger partial charge >= 0.3 is 0 Å². The average Bonchev–Trinajstić information content (AvgIpc) is 3.17. The van der Waals surface area contributed by atoms with Crippen LogP contribution in [0.2, 0.25) is 0 Å². The van der Waals surface area contributed by atoms with Gasteiger partial charge in [-0.15, -0.1) is 21.9 Å². The highest BCUT2D eigenvalue weighted by atomic mass is 32.2. The smallest absolute Gasteiger partial charge is 0.294 e. The van der Waals surface area contributed by atoms with Crippen LogP contribution in [0.15, 0.2) is 24.3 Å². The summed E-state index contributed by atoms with van der Waals surface area (Å²) in [5, 5.41) is 26.9. The molecule has 182 valence electrons. The van der Waals surface area contributed by atoms with Gasteiger partial charge in [-0.2, -0.15) is 0 Å². The fourth-order valence-electron chi connectivity index (χ4n) is 3.92. The van der Waals surface area contributed by atoms with E-state index in [0.717, 1.165) is 41.6 Å². The van der Waals surface area contributed by atoms with Crippen LogP contribution in [0.4, 0.5) is 0 Å². The van der Waals surface area contributed by atoms with Gasteiger partial charge in [0.05, 0.1) is 5.75 Å². The van der Waals surface area contributed by atoms with Gasteiger partial charge in [0.15, 0.2) is 0 Å². The molecule has 1 amide bonds. The Hall–Kier alpha value is -2.50. The number of carbonyl (C=O) groups is 1. The molecule has 0 saturated heterocycles. The first kappa shape index (κ1) is 25.1. The van der Waals surface area contributed by atoms with Crippen molar-refractivity contribution in [3.05, 3.63) is 40.1 Å². The minimum atomic E-state index is -0.740. The van der Waals surface area contributed by atoms with Gasteiger partial charge in [-0.25, -0.2) is 0 Å². The molecule has 1 aliphatic carbocycles. The number of aromatic amines is 1. The lowest BCUT2D eigenvalue weighted by molar-refractivity contribution is -0.768. The van der Waals surface area contributed by atoms with Crippen LogP contribution < -0.4 is 15.4 Å². The molecule has 10 nitrogen and oxygen atoms in total. The molecule has 1 aromatic carbocycles. The maximum absolute atomic E-state index is 12.1. The van der Waals surface area contributed by atoms with E-state index in [1.54, 1.807) is 0 Å². The maximum Gasteiger partial charge on any atom is 0.294 e. The molecule has 1 aliphatic rings. The lowest BCUT2D eigenvalue weighted by atomic mass is 9.97. The molecular weight excluding hydrogens is 448 g/mol. The standard InChI is InChI=1S/C22H32N4O6S/c1-15-11-17-18(25-15)5-4-7-19(17)31-13-16(27)12-23-9-10-24-22(28)14-33-21-8-3-2-6-20(21)32-26(29)30/h4-5,7,11,16,20-21,23,25,27H,2-3,6,8-10,12-14H2,1H3,(H,24,28)/t16?,20-,21-/m1/s1. The number of carbonyl (C=O) groups excluding carboxylic acids is 1. The minimum Gasteiger partial charge on any atom is -0.490 e. The fraction of sp³-hybridized carbons (Fsp3) is 0.591. The second-order valence-corrected chi connectivity index (χ2v) is 9.42. The highest BCUT2D eigenvalue weighted by Crippen LogP contribution is 2.30. The molecule has 0 radical (unpaired) electrons. The number of thioether (sulfide) groups is 1. The summed E-state index contributed by atoms with van der Waals surface area (Å²) in [4.78, 5) is 30.7. The van der Waals surface area contributed by atoms with Crippen molar-refractivity contribution in [1.29, 1.82) is 0 Å². The lowest BCUT2D eigenvalue weighted by Crippen LogP contribution is -2.38. The van der Waals surface area contributed by atoms with Crippen LogP contribution in [0.3, 0.4) is 0 Å². The minimum absolute atomic E-state index is 0.0378. The van der Waals surface area contributed by atoms with Crippen LogP contribution in [0.5, 0.6) is 5.75 Å². The third-order valence-electron chi connectivity index (χ3n) is 5.49. The molecule has 3 atom stereocenters. The molecular formula is C22H32N4O6S. The Morgan fingerprint density at radius 1 is 1.36 bits per heavy atom. The number of nitrogens with one attached hydrogen (secondary N) is 3. The topological polar surface area (TPSA) is 139 Å². The Labute approximate surface area is 196 Å². The summed E-state index contributed by atoms with van der Waals surface area (Å²) in [6.07, 6.45) is 2.24. The molecule has 0 aliphatic heterocycles. The number of rotatable bonds is 13. The van der Waals surface area contributed by atoms with E-state index in [1.807, 2.05) is 31.2 Å². The summed E-state index contributed by atoms with van der Waals surface area (Å²) in [5.41, 5.74) is 2.04. The zero-order valence-corrected chi connectivity index (χ0v) is 19.6. The molecule has 1 heterocycles. The van der Waals surface area contributed by atoms with E-state index in [-0.39, 0.29) is 23.5 Å². The average molecular weight is 481 g/mol. The molecule has 1 aromatic heterocycles. The molecule has 1 unspecified atom stereocenters. The number of hydrogen-bond donors (Lipinski definition) is 4. The van der Waals surface area contributed by atoms with Crippen molar-refractivity contribution < 1.29 is 24.6 Å². The number of aryl methyl sites for hydroxylation is 1. The number of nitrogens with zero attached hydrogens (tertiary/aromatic N) is 1. The van der Waals surface area contributed by atoms with E-state index < -0.39 is 17.3 Å². The van der Waals surface area contributed by atoms with Crippen molar-refractivity contribution >= 4 is 28.6 Å². The second kappa shape index (κ2) is 12.7. The summed E-state index contributed by atoms with van der Waals surface area (Å²) in [6.45, 7) is 3.42. The summed E-state index contributed by atoms with van der Waals surface area (Å²) in [5.74, 6) is 0.846. The number of H-pyrrole nitrogens is 1. The first-order chi connectivity index (χ1) is 15.9. The zero-order chi connectivity index (χ0) is 23.6. The van der Waals surface area contributed by atoms with Gasteiger partial charge in [0.2, 0.25) is 5.91 Å². The Morgan fingerprint density at radius 3 is 3.00 bits per heavy atom. The summed E-state index contributed by atoms with van der Waals surface area (Å²) in [7, 11) is 0. The zero-order valence-electron chi connectivity index (χ0n) is 18.7. The molecule has 1 saturated carbocycles. The molecule has 3 rings (SSSR count). The van der Waals surface area contributed by atoms with Gasteiger partial charge in [0.25, 0.3) is 5.09 Å². The van der Waals surface area contributed by atoms with E-state index in [9.17, 15) is 20.0 Å². The highest BCUT2D eigenvalue weighted by molar-refractivity contribution is 8.00. The van der Waals surface area contributed by atoms with Crippen molar-refractivity contribution in [2.75, 3.05) is 32.0 Å². The summed E-state index contributed by atoms with van der Waals surface area (Å²) >= 11 is 1.41. The van der Waals surface area contributed by atoms with Crippen LogP contribution in [0, 0.1) is 17.0 Å². The predicted molar refractivity (Wildman–Crippen MR) is 127 cm³/mol. The van der Waals surface area contributed by atoms with Gasteiger partial charge in [0, 0.05) is 41.5 Å². The number of fused-ring (bicyclic) bond motifs is 1. The first-order valence-electron chi connectivity index (χ1n) is 11.2. The SMILES string of the molecule is Cc1cc2c(OCC(O)CNCCNC(=O)CS[C@@H]3CCCC[C@H]3O[N+](=O)[O-])cccc2[nH]1. The molecule has 2 aromatic rings. The molecule has 0 bridgehead atoms. The van der Waals surface area contributed by atoms with Crippen LogP contribution in [-0.2, 0) is 9.63 Å². The van der Waals surface area contributed by atoms with E-state index >= 15 is 0 Å². The number of benzene rings is 1. The number of amides is 1. The number of aromatic nitrogens is 1. The van der Waals surface area contributed by atoms with Crippen molar-refractivity contribution in [3.8, 4) is 5.75 Å². The van der Waals surface area contributed by atoms with Crippen molar-refractivity contribution in [2.24, 2.45) is 0 Å². The summed E-state index contributed by atoms with van der Waals surface area (Å²) < 4.78 is 5.78. The third kappa shape index (κ3) is 8.09. The van der Waals surface area contributed by atoms with E-state index in [0.29, 0.717) is 26.1 Å². The number of hydrogen-bond acceptors (Lipinski definition) is 8. The Morgan fingerprint density at radius 2 is 2.18 bits per heavy atom. The van der Waals surface area contributed by atoms with Crippen molar-refractivity contribution in [3.63, 3.8) is 0 Å². The van der Waals surface area contributed by atoms with Crippen molar-refractivity contribution in [1.82, 2.24) is 15.6 Å². The van der Waals surface area contributed by atoms with Crippen molar-refractivity contribution in [2.45, 2.75) is 50.1 Å². The number of aliphatic hydroxyl groups is 1. The van der Waals surface area contributed by atoms with E-state index in [1.165, 1.54) is 11.8 Å². The Balaban J connectivity index is 1.27. The molecule has 4 N–H and O–H groups in total. The van der Waals surface area contributed by atoms with Gasteiger partial charge in [-0.1, -0.05) is 18.9 Å².